The Morgan fingerprint density at radius 2 is 1.94 bits per heavy atom. The molecule has 1 N–H and O–H groups in total. The number of piperazine rings is 1. The Hall–Kier alpha value is -0.870. The van der Waals surface area contributed by atoms with Crippen molar-refractivity contribution in [3.63, 3.8) is 0 Å². The van der Waals surface area contributed by atoms with E-state index in [1.54, 1.807) is 0 Å². The molecule has 4 nitrogen and oxygen atoms in total. The quantitative estimate of drug-likeness (QED) is 0.854. The fourth-order valence-electron chi connectivity index (χ4n) is 2.73. The van der Waals surface area contributed by atoms with Crippen LogP contribution in [0.3, 0.4) is 0 Å². The minimum absolute atomic E-state index is 0.0652. The lowest BCUT2D eigenvalue weighted by Gasteiger charge is -2.36. The predicted molar refractivity (Wildman–Crippen MR) is 70.3 cm³/mol. The summed E-state index contributed by atoms with van der Waals surface area (Å²) in [6.07, 6.45) is 0. The van der Waals surface area contributed by atoms with Crippen molar-refractivity contribution in [1.29, 1.82) is 0 Å². The van der Waals surface area contributed by atoms with E-state index in [1.807, 2.05) is 0 Å². The summed E-state index contributed by atoms with van der Waals surface area (Å²) in [5.74, 6) is 0. The average molecular weight is 236 g/mol. The smallest absolute Gasteiger partial charge is 0.0701 e. The Morgan fingerprint density at radius 3 is 2.47 bits per heavy atom. The second-order valence-electron chi connectivity index (χ2n) is 5.68. The van der Waals surface area contributed by atoms with Crippen LogP contribution in [0, 0.1) is 13.8 Å². The first-order valence-corrected chi connectivity index (χ1v) is 6.46. The summed E-state index contributed by atoms with van der Waals surface area (Å²) in [4.78, 5) is 2.52. The zero-order chi connectivity index (χ0) is 12.5. The lowest BCUT2D eigenvalue weighted by atomic mass is 10.0. The molecule has 1 fully saturated rings. The van der Waals surface area contributed by atoms with Gasteiger partial charge in [0, 0.05) is 38.4 Å². The number of hydrogen-bond donors (Lipinski definition) is 1. The van der Waals surface area contributed by atoms with Crippen molar-refractivity contribution >= 4 is 0 Å². The van der Waals surface area contributed by atoms with Gasteiger partial charge in [0.05, 0.1) is 11.2 Å². The van der Waals surface area contributed by atoms with Crippen LogP contribution in [-0.4, -0.2) is 47.4 Å². The van der Waals surface area contributed by atoms with Crippen LogP contribution in [0.4, 0.5) is 0 Å². The summed E-state index contributed by atoms with van der Waals surface area (Å²) in [5.41, 5.74) is 2.42. The molecule has 4 heteroatoms. The first-order valence-electron chi connectivity index (χ1n) is 6.46. The molecular formula is C13H24N4. The first kappa shape index (κ1) is 12.6. The fraction of sp³-hybridized carbons (Fsp3) is 0.769. The summed E-state index contributed by atoms with van der Waals surface area (Å²) >= 11 is 0. The largest absolute Gasteiger partial charge is 0.314 e. The molecule has 2 heterocycles. The van der Waals surface area contributed by atoms with Crippen molar-refractivity contribution in [2.24, 2.45) is 0 Å². The van der Waals surface area contributed by atoms with Crippen molar-refractivity contribution in [3.05, 3.63) is 17.5 Å². The van der Waals surface area contributed by atoms with Crippen molar-refractivity contribution in [2.75, 3.05) is 32.7 Å². The van der Waals surface area contributed by atoms with E-state index in [2.05, 4.69) is 53.8 Å². The van der Waals surface area contributed by atoms with Gasteiger partial charge in [-0.1, -0.05) is 0 Å². The molecule has 0 aliphatic carbocycles. The predicted octanol–water partition coefficient (Wildman–Crippen LogP) is 1.14. The average Bonchev–Trinajstić information content (AvgIpc) is 2.59. The second-order valence-corrected chi connectivity index (χ2v) is 5.68. The summed E-state index contributed by atoms with van der Waals surface area (Å²) in [6, 6.07) is 2.15. The molecule has 0 unspecified atom stereocenters. The molecule has 1 aromatic heterocycles. The van der Waals surface area contributed by atoms with Gasteiger partial charge < -0.3 is 5.32 Å². The highest BCUT2D eigenvalue weighted by Crippen LogP contribution is 2.19. The SMILES string of the molecule is Cc1cc(C)n(C(C)(C)CN2CCNCC2)n1. The molecule has 17 heavy (non-hydrogen) atoms. The molecular weight excluding hydrogens is 212 g/mol. The van der Waals surface area contributed by atoms with E-state index < -0.39 is 0 Å². The second kappa shape index (κ2) is 4.78. The van der Waals surface area contributed by atoms with Gasteiger partial charge in [-0.3, -0.25) is 9.58 Å². The molecule has 0 atom stereocenters. The van der Waals surface area contributed by atoms with Crippen LogP contribution >= 0.6 is 0 Å². The summed E-state index contributed by atoms with van der Waals surface area (Å²) in [7, 11) is 0. The zero-order valence-corrected chi connectivity index (χ0v) is 11.5. The van der Waals surface area contributed by atoms with Gasteiger partial charge in [0.25, 0.3) is 0 Å². The van der Waals surface area contributed by atoms with E-state index in [9.17, 15) is 0 Å². The molecule has 0 aromatic carbocycles. The first-order chi connectivity index (χ1) is 7.99. The maximum atomic E-state index is 4.62. The monoisotopic (exact) mass is 236 g/mol. The topological polar surface area (TPSA) is 33.1 Å². The van der Waals surface area contributed by atoms with Gasteiger partial charge >= 0.3 is 0 Å². The van der Waals surface area contributed by atoms with E-state index in [0.29, 0.717) is 0 Å². The zero-order valence-electron chi connectivity index (χ0n) is 11.5. The highest BCUT2D eigenvalue weighted by atomic mass is 15.3. The maximum absolute atomic E-state index is 4.62. The molecule has 0 amide bonds. The third-order valence-electron chi connectivity index (χ3n) is 3.40. The summed E-state index contributed by atoms with van der Waals surface area (Å²) in [5, 5.41) is 8.01. The van der Waals surface area contributed by atoms with Crippen molar-refractivity contribution in [1.82, 2.24) is 20.0 Å². The van der Waals surface area contributed by atoms with E-state index in [0.717, 1.165) is 38.4 Å². The Kier molecular flexibility index (Phi) is 3.54. The van der Waals surface area contributed by atoms with E-state index in [1.165, 1.54) is 5.69 Å². The van der Waals surface area contributed by atoms with Crippen molar-refractivity contribution in [2.45, 2.75) is 33.2 Å². The number of aryl methyl sites for hydroxylation is 2. The van der Waals surface area contributed by atoms with Gasteiger partial charge in [-0.2, -0.15) is 5.10 Å². The molecule has 0 radical (unpaired) electrons. The molecule has 0 bridgehead atoms. The minimum atomic E-state index is 0.0652. The number of rotatable bonds is 3. The summed E-state index contributed by atoms with van der Waals surface area (Å²) in [6.45, 7) is 14.3. The van der Waals surface area contributed by atoms with Crippen LogP contribution in [0.2, 0.25) is 0 Å². The molecule has 0 spiro atoms. The van der Waals surface area contributed by atoms with Gasteiger partial charge in [-0.05, 0) is 33.8 Å². The Bertz CT molecular complexity index is 375. The highest BCUT2D eigenvalue weighted by Gasteiger charge is 2.26. The number of aromatic nitrogens is 2. The highest BCUT2D eigenvalue weighted by molar-refractivity contribution is 5.09. The minimum Gasteiger partial charge on any atom is -0.314 e. The summed E-state index contributed by atoms with van der Waals surface area (Å²) < 4.78 is 2.17. The van der Waals surface area contributed by atoms with Crippen molar-refractivity contribution in [3.8, 4) is 0 Å². The lowest BCUT2D eigenvalue weighted by molar-refractivity contribution is 0.152. The Labute approximate surface area is 104 Å². The van der Waals surface area contributed by atoms with Crippen LogP contribution in [0.15, 0.2) is 6.07 Å². The molecule has 1 saturated heterocycles. The van der Waals surface area contributed by atoms with E-state index >= 15 is 0 Å². The molecule has 1 aliphatic rings. The number of hydrogen-bond acceptors (Lipinski definition) is 3. The molecule has 0 saturated carbocycles. The number of nitrogens with zero attached hydrogens (tertiary/aromatic N) is 3. The van der Waals surface area contributed by atoms with E-state index in [-0.39, 0.29) is 5.54 Å². The van der Waals surface area contributed by atoms with Crippen LogP contribution < -0.4 is 5.32 Å². The van der Waals surface area contributed by atoms with E-state index in [4.69, 9.17) is 0 Å². The van der Waals surface area contributed by atoms with Gasteiger partial charge in [-0.15, -0.1) is 0 Å². The molecule has 2 rings (SSSR count). The van der Waals surface area contributed by atoms with Crippen LogP contribution in [-0.2, 0) is 5.54 Å². The molecule has 1 aromatic rings. The third kappa shape index (κ3) is 2.87. The van der Waals surface area contributed by atoms with Gasteiger partial charge in [0.1, 0.15) is 0 Å². The molecule has 96 valence electrons. The lowest BCUT2D eigenvalue weighted by Crippen LogP contribution is -2.49. The Balaban J connectivity index is 2.09. The third-order valence-corrected chi connectivity index (χ3v) is 3.40. The van der Waals surface area contributed by atoms with Crippen LogP contribution in [0.1, 0.15) is 25.2 Å². The standard InChI is InChI=1S/C13H24N4/c1-11-9-12(2)17(15-11)13(3,4)10-16-7-5-14-6-8-16/h9,14H,5-8,10H2,1-4H3. The fourth-order valence-corrected chi connectivity index (χ4v) is 2.73. The normalized spacial score (nSPS) is 18.6. The number of nitrogens with one attached hydrogen (secondary N) is 1. The van der Waals surface area contributed by atoms with Gasteiger partial charge in [0.2, 0.25) is 0 Å². The van der Waals surface area contributed by atoms with Gasteiger partial charge in [-0.25, -0.2) is 0 Å². The van der Waals surface area contributed by atoms with Crippen molar-refractivity contribution < 1.29 is 0 Å². The molecule has 1 aliphatic heterocycles. The maximum Gasteiger partial charge on any atom is 0.0701 e. The van der Waals surface area contributed by atoms with Gasteiger partial charge in [0.15, 0.2) is 0 Å². The Morgan fingerprint density at radius 1 is 1.29 bits per heavy atom. The van der Waals surface area contributed by atoms with Crippen LogP contribution in [0.5, 0.6) is 0 Å². The van der Waals surface area contributed by atoms with Crippen LogP contribution in [0.25, 0.3) is 0 Å².